The fraction of sp³-hybridized carbons (Fsp3) is 0.0417. The van der Waals surface area contributed by atoms with E-state index in [-0.39, 0.29) is 0 Å². The molecule has 4 aromatic heterocycles. The van der Waals surface area contributed by atoms with E-state index < -0.39 is 11.8 Å². The predicted octanol–water partition coefficient (Wildman–Crippen LogP) is 3.86. The van der Waals surface area contributed by atoms with Crippen molar-refractivity contribution in [2.24, 2.45) is 0 Å². The molecule has 0 radical (unpaired) electrons. The quantitative estimate of drug-likeness (QED) is 0.375. The van der Waals surface area contributed by atoms with Crippen LogP contribution in [0.25, 0.3) is 22.3 Å². The van der Waals surface area contributed by atoms with Gasteiger partial charge in [0.1, 0.15) is 12.3 Å². The highest BCUT2D eigenvalue weighted by atomic mass is 35.5. The Kier molecular flexibility index (Phi) is 5.75. The number of furan rings is 1. The van der Waals surface area contributed by atoms with Crippen LogP contribution < -0.4 is 10.9 Å². The van der Waals surface area contributed by atoms with Gasteiger partial charge in [0.25, 0.3) is 11.8 Å². The molecule has 2 amide bonds. The zero-order valence-electron chi connectivity index (χ0n) is 17.6. The minimum atomic E-state index is -0.516. The number of fused-ring (bicyclic) bond motifs is 1. The molecule has 0 aliphatic rings. The number of amides is 2. The zero-order chi connectivity index (χ0) is 23.5. The van der Waals surface area contributed by atoms with Gasteiger partial charge in [-0.1, -0.05) is 11.6 Å². The summed E-state index contributed by atoms with van der Waals surface area (Å²) in [4.78, 5) is 34.4. The Morgan fingerprint density at radius 1 is 1.00 bits per heavy atom. The van der Waals surface area contributed by atoms with Gasteiger partial charge < -0.3 is 4.42 Å². The van der Waals surface area contributed by atoms with Crippen molar-refractivity contribution in [3.05, 3.63) is 101 Å². The molecule has 168 valence electrons. The number of benzene rings is 1. The molecule has 5 aromatic rings. The average molecular weight is 473 g/mol. The number of aromatic nitrogens is 4. The second-order valence-corrected chi connectivity index (χ2v) is 7.77. The van der Waals surface area contributed by atoms with E-state index in [0.717, 1.165) is 5.56 Å². The zero-order valence-corrected chi connectivity index (χ0v) is 18.4. The Morgan fingerprint density at radius 3 is 2.56 bits per heavy atom. The predicted molar refractivity (Wildman–Crippen MR) is 125 cm³/mol. The van der Waals surface area contributed by atoms with Crippen LogP contribution in [-0.4, -0.2) is 31.6 Å². The van der Waals surface area contributed by atoms with Crippen LogP contribution in [0.1, 0.15) is 26.5 Å². The lowest BCUT2D eigenvalue weighted by molar-refractivity contribution is 0.0847. The van der Waals surface area contributed by atoms with E-state index in [0.29, 0.717) is 45.2 Å². The largest absolute Gasteiger partial charge is 0.467 e. The number of carbonyl (C=O) groups is 2. The van der Waals surface area contributed by atoms with Gasteiger partial charge in [-0.3, -0.25) is 25.4 Å². The maximum atomic E-state index is 13.1. The monoisotopic (exact) mass is 472 g/mol. The van der Waals surface area contributed by atoms with E-state index in [1.807, 2.05) is 12.1 Å². The van der Waals surface area contributed by atoms with E-state index in [1.165, 1.54) is 0 Å². The molecule has 0 unspecified atom stereocenters. The van der Waals surface area contributed by atoms with Crippen molar-refractivity contribution in [1.29, 1.82) is 0 Å². The fourth-order valence-corrected chi connectivity index (χ4v) is 3.54. The van der Waals surface area contributed by atoms with Crippen LogP contribution in [0, 0.1) is 0 Å². The molecule has 2 N–H and O–H groups in total. The van der Waals surface area contributed by atoms with Gasteiger partial charge in [-0.15, -0.1) is 0 Å². The number of hydrogen-bond donors (Lipinski definition) is 2. The first-order valence-corrected chi connectivity index (χ1v) is 10.6. The summed E-state index contributed by atoms with van der Waals surface area (Å²) >= 11 is 5.87. The number of carbonyl (C=O) groups excluding carboxylic acids is 2. The topological polar surface area (TPSA) is 115 Å². The first-order chi connectivity index (χ1) is 16.6. The first-order valence-electron chi connectivity index (χ1n) is 10.2. The highest BCUT2D eigenvalue weighted by Gasteiger charge is 2.19. The van der Waals surface area contributed by atoms with Crippen molar-refractivity contribution in [3.8, 4) is 11.3 Å². The summed E-state index contributed by atoms with van der Waals surface area (Å²) in [5.74, 6) is -0.298. The molecule has 0 aliphatic carbocycles. The van der Waals surface area contributed by atoms with Crippen LogP contribution in [0.5, 0.6) is 0 Å². The van der Waals surface area contributed by atoms with E-state index >= 15 is 0 Å². The molecular weight excluding hydrogens is 456 g/mol. The van der Waals surface area contributed by atoms with Crippen molar-refractivity contribution in [3.63, 3.8) is 0 Å². The van der Waals surface area contributed by atoms with Crippen molar-refractivity contribution in [1.82, 2.24) is 30.6 Å². The summed E-state index contributed by atoms with van der Waals surface area (Å²) in [5, 5.41) is 5.43. The highest BCUT2D eigenvalue weighted by Crippen LogP contribution is 2.25. The third-order valence-corrected chi connectivity index (χ3v) is 5.34. The van der Waals surface area contributed by atoms with Gasteiger partial charge >= 0.3 is 0 Å². The molecule has 0 fully saturated rings. The van der Waals surface area contributed by atoms with Gasteiger partial charge in [0.05, 0.1) is 29.1 Å². The van der Waals surface area contributed by atoms with Crippen molar-refractivity contribution < 1.29 is 14.0 Å². The fourth-order valence-electron chi connectivity index (χ4n) is 3.42. The molecular formula is C24H17ClN6O3. The molecule has 0 spiro atoms. The molecule has 0 aliphatic heterocycles. The summed E-state index contributed by atoms with van der Waals surface area (Å²) in [5.41, 5.74) is 7.31. The van der Waals surface area contributed by atoms with Crippen LogP contribution in [0.3, 0.4) is 0 Å². The maximum Gasteiger partial charge on any atom is 0.270 e. The smallest absolute Gasteiger partial charge is 0.270 e. The Morgan fingerprint density at radius 2 is 1.82 bits per heavy atom. The Labute approximate surface area is 198 Å². The lowest BCUT2D eigenvalue weighted by Crippen LogP contribution is -2.41. The van der Waals surface area contributed by atoms with Crippen LogP contribution in [-0.2, 0) is 6.54 Å². The Balaban J connectivity index is 1.48. The molecule has 0 saturated carbocycles. The SMILES string of the molecule is O=C(NNC(=O)c1cc(-c2cccnc2)nc2c1cnn2Cc1ccco1)c1ccc(Cl)cc1. The Bertz CT molecular complexity index is 1460. The molecule has 0 bridgehead atoms. The molecule has 9 nitrogen and oxygen atoms in total. The van der Waals surface area contributed by atoms with Gasteiger partial charge in [0.15, 0.2) is 5.65 Å². The highest BCUT2D eigenvalue weighted by molar-refractivity contribution is 6.30. The third-order valence-electron chi connectivity index (χ3n) is 5.09. The average Bonchev–Trinajstić information content (AvgIpc) is 3.53. The summed E-state index contributed by atoms with van der Waals surface area (Å²) in [6, 6.07) is 15.2. The molecule has 10 heteroatoms. The lowest BCUT2D eigenvalue weighted by Gasteiger charge is -2.10. The molecule has 0 atom stereocenters. The van der Waals surface area contributed by atoms with Crippen molar-refractivity contribution >= 4 is 34.4 Å². The number of rotatable bonds is 5. The maximum absolute atomic E-state index is 13.1. The van der Waals surface area contributed by atoms with Gasteiger partial charge in [-0.05, 0) is 54.6 Å². The second kappa shape index (κ2) is 9.16. The van der Waals surface area contributed by atoms with E-state index in [1.54, 1.807) is 72.0 Å². The van der Waals surface area contributed by atoms with E-state index in [2.05, 4.69) is 20.9 Å². The lowest BCUT2D eigenvalue weighted by atomic mass is 10.1. The third kappa shape index (κ3) is 4.37. The number of hydrogen-bond acceptors (Lipinski definition) is 6. The number of nitrogens with zero attached hydrogens (tertiary/aromatic N) is 4. The first kappa shape index (κ1) is 21.4. The van der Waals surface area contributed by atoms with Gasteiger partial charge in [-0.2, -0.15) is 5.10 Å². The molecule has 34 heavy (non-hydrogen) atoms. The summed E-state index contributed by atoms with van der Waals surface area (Å²) in [6.07, 6.45) is 6.46. The normalized spacial score (nSPS) is 10.9. The number of nitrogens with one attached hydrogen (secondary N) is 2. The standard InChI is InChI=1S/C24H17ClN6O3/c25-17-7-5-15(6-8-17)23(32)29-30-24(33)19-11-21(16-3-1-9-26-12-16)28-22-20(19)13-27-31(22)14-18-4-2-10-34-18/h1-13H,14H2,(H,29,32)(H,30,33). The summed E-state index contributed by atoms with van der Waals surface area (Å²) < 4.78 is 7.08. The van der Waals surface area contributed by atoms with Crippen LogP contribution in [0.15, 0.2) is 83.9 Å². The van der Waals surface area contributed by atoms with Crippen LogP contribution in [0.4, 0.5) is 0 Å². The van der Waals surface area contributed by atoms with Crippen molar-refractivity contribution in [2.45, 2.75) is 6.54 Å². The van der Waals surface area contributed by atoms with Gasteiger partial charge in [0, 0.05) is 28.5 Å². The Hall–Kier alpha value is -4.50. The van der Waals surface area contributed by atoms with Gasteiger partial charge in [0.2, 0.25) is 0 Å². The number of hydrazine groups is 1. The summed E-state index contributed by atoms with van der Waals surface area (Å²) in [7, 11) is 0. The van der Waals surface area contributed by atoms with Crippen LogP contribution in [0.2, 0.25) is 5.02 Å². The van der Waals surface area contributed by atoms with E-state index in [9.17, 15) is 9.59 Å². The minimum absolute atomic E-state index is 0.297. The molecule has 5 rings (SSSR count). The molecule has 1 aromatic carbocycles. The number of pyridine rings is 2. The van der Waals surface area contributed by atoms with Gasteiger partial charge in [-0.25, -0.2) is 9.67 Å². The van der Waals surface area contributed by atoms with Crippen molar-refractivity contribution in [2.75, 3.05) is 0 Å². The second-order valence-electron chi connectivity index (χ2n) is 7.33. The molecule has 4 heterocycles. The summed E-state index contributed by atoms with van der Waals surface area (Å²) in [6.45, 7) is 0.342. The number of halogens is 1. The minimum Gasteiger partial charge on any atom is -0.467 e. The van der Waals surface area contributed by atoms with Crippen LogP contribution >= 0.6 is 11.6 Å². The molecule has 0 saturated heterocycles. The van der Waals surface area contributed by atoms with E-state index in [4.69, 9.17) is 21.0 Å².